The Morgan fingerprint density at radius 1 is 0.903 bits per heavy atom. The molecule has 4 aromatic rings. The van der Waals surface area contributed by atoms with Gasteiger partial charge in [-0.05, 0) is 48.9 Å². The molecular weight excluding hydrogens is 402 g/mol. The number of para-hydroxylation sites is 1. The average Bonchev–Trinajstić information content (AvgIpc) is 2.81. The Morgan fingerprint density at radius 3 is 2.16 bits per heavy atom. The van der Waals surface area contributed by atoms with Crippen molar-refractivity contribution >= 4 is 28.7 Å². The molecule has 0 bridgehead atoms. The van der Waals surface area contributed by atoms with E-state index >= 15 is 0 Å². The number of rotatable bonds is 6. The smallest absolute Gasteiger partial charge is 0.160 e. The lowest BCUT2D eigenvalue weighted by Crippen LogP contribution is -2.24. The van der Waals surface area contributed by atoms with Gasteiger partial charge in [0.05, 0.1) is 29.7 Å². The molecule has 0 saturated heterocycles. The predicted molar refractivity (Wildman–Crippen MR) is 130 cm³/mol. The quantitative estimate of drug-likeness (QED) is 0.343. The van der Waals surface area contributed by atoms with Crippen LogP contribution >= 0.6 is 12.2 Å². The van der Waals surface area contributed by atoms with Gasteiger partial charge >= 0.3 is 0 Å². The Bertz CT molecular complexity index is 1160. The lowest BCUT2D eigenvalue weighted by atomic mass is 10.1. The number of hydrogen-bond donors (Lipinski definition) is 0. The zero-order valence-corrected chi connectivity index (χ0v) is 18.3. The first-order valence-corrected chi connectivity index (χ1v) is 10.5. The van der Waals surface area contributed by atoms with Gasteiger partial charge in [-0.15, -0.1) is 0 Å². The molecule has 31 heavy (non-hydrogen) atoms. The maximum Gasteiger partial charge on any atom is 0.160 e. The molecule has 0 fully saturated rings. The summed E-state index contributed by atoms with van der Waals surface area (Å²) in [5.74, 6) is 1.56. The highest BCUT2D eigenvalue weighted by Crippen LogP contribution is 2.30. The van der Waals surface area contributed by atoms with E-state index in [4.69, 9.17) is 26.9 Å². The van der Waals surface area contributed by atoms with Crippen LogP contribution in [0.4, 0.5) is 11.5 Å². The Kier molecular flexibility index (Phi) is 6.34. The second-order valence-electron chi connectivity index (χ2n) is 7.11. The molecule has 154 valence electrons. The molecule has 4 nitrogen and oxygen atoms in total. The fourth-order valence-corrected chi connectivity index (χ4v) is 3.64. The normalized spacial score (nSPS) is 10.5. The molecule has 0 unspecified atom stereocenters. The minimum Gasteiger partial charge on any atom is -0.497 e. The summed E-state index contributed by atoms with van der Waals surface area (Å²) in [6.45, 7) is 1.91. The van der Waals surface area contributed by atoms with Gasteiger partial charge in [-0.2, -0.15) is 0 Å². The molecule has 0 radical (unpaired) electrons. The van der Waals surface area contributed by atoms with Gasteiger partial charge < -0.3 is 4.74 Å². The fraction of sp³-hybridized carbons (Fsp3) is 0.115. The highest BCUT2D eigenvalue weighted by atomic mass is 32.1. The van der Waals surface area contributed by atoms with E-state index in [-0.39, 0.29) is 0 Å². The van der Waals surface area contributed by atoms with E-state index < -0.39 is 0 Å². The molecular formula is C26H23N3OS. The molecule has 1 aromatic heterocycles. The zero-order valence-electron chi connectivity index (χ0n) is 17.5. The van der Waals surface area contributed by atoms with Crippen LogP contribution in [0.2, 0.25) is 0 Å². The lowest BCUT2D eigenvalue weighted by molar-refractivity contribution is 0.415. The summed E-state index contributed by atoms with van der Waals surface area (Å²) in [6.07, 6.45) is 2.46. The molecule has 3 aromatic carbocycles. The molecule has 0 N–H and O–H groups in total. The van der Waals surface area contributed by atoms with Gasteiger partial charge in [-0.1, -0.05) is 60.7 Å². The van der Waals surface area contributed by atoms with Crippen molar-refractivity contribution in [2.45, 2.75) is 13.3 Å². The summed E-state index contributed by atoms with van der Waals surface area (Å²) in [7, 11) is 1.66. The number of methoxy groups -OCH3 is 1. The van der Waals surface area contributed by atoms with Crippen molar-refractivity contribution in [3.63, 3.8) is 0 Å². The van der Waals surface area contributed by atoms with Gasteiger partial charge in [0.15, 0.2) is 5.82 Å². The van der Waals surface area contributed by atoms with Crippen LogP contribution in [-0.4, -0.2) is 22.1 Å². The predicted octanol–water partition coefficient (Wildman–Crippen LogP) is 6.23. The van der Waals surface area contributed by atoms with Crippen LogP contribution in [0.1, 0.15) is 18.2 Å². The van der Waals surface area contributed by atoms with E-state index in [0.717, 1.165) is 34.2 Å². The summed E-state index contributed by atoms with van der Waals surface area (Å²) in [5, 5.41) is 0. The molecule has 0 aliphatic carbocycles. The van der Waals surface area contributed by atoms with Gasteiger partial charge in [-0.25, -0.2) is 9.97 Å². The Morgan fingerprint density at radius 2 is 1.55 bits per heavy atom. The SMILES string of the molecule is COc1ccc(-c2cnc(N(C(C)=S)c3ccccc3)c(Cc3ccccc3)n2)cc1. The second-order valence-corrected chi connectivity index (χ2v) is 7.70. The highest BCUT2D eigenvalue weighted by molar-refractivity contribution is 7.80. The average molecular weight is 426 g/mol. The van der Waals surface area contributed by atoms with E-state index in [1.165, 1.54) is 5.56 Å². The van der Waals surface area contributed by atoms with Crippen molar-refractivity contribution in [2.75, 3.05) is 12.0 Å². The molecule has 0 amide bonds. The van der Waals surface area contributed by atoms with Gasteiger partial charge in [0.1, 0.15) is 5.75 Å². The standard InChI is InChI=1S/C26H23N3OS/c1-19(31)29(22-11-7-4-8-12-22)26-24(17-20-9-5-3-6-10-20)28-25(18-27-26)21-13-15-23(30-2)16-14-21/h3-16,18H,17H2,1-2H3. The molecule has 0 atom stereocenters. The topological polar surface area (TPSA) is 38.2 Å². The molecule has 5 heteroatoms. The van der Waals surface area contributed by atoms with Crippen molar-refractivity contribution < 1.29 is 4.74 Å². The first kappa shape index (κ1) is 20.7. The number of ether oxygens (including phenoxy) is 1. The van der Waals surface area contributed by atoms with E-state index in [1.807, 2.05) is 84.6 Å². The molecule has 0 saturated carbocycles. The van der Waals surface area contributed by atoms with Gasteiger partial charge in [0.2, 0.25) is 0 Å². The maximum atomic E-state index is 5.60. The maximum absolute atomic E-state index is 5.60. The van der Waals surface area contributed by atoms with Gasteiger partial charge in [-0.3, -0.25) is 4.90 Å². The van der Waals surface area contributed by atoms with Crippen molar-refractivity contribution in [1.82, 2.24) is 9.97 Å². The Labute approximate surface area is 188 Å². The van der Waals surface area contributed by atoms with Crippen molar-refractivity contribution in [3.05, 3.63) is 102 Å². The van der Waals surface area contributed by atoms with Crippen molar-refractivity contribution in [1.29, 1.82) is 0 Å². The number of thiocarbonyl (C=S) groups is 1. The van der Waals surface area contributed by atoms with Crippen LogP contribution < -0.4 is 9.64 Å². The zero-order chi connectivity index (χ0) is 21.6. The molecule has 0 aliphatic heterocycles. The minimum atomic E-state index is 0.652. The molecule has 4 rings (SSSR count). The van der Waals surface area contributed by atoms with E-state index in [2.05, 4.69) is 12.1 Å². The minimum absolute atomic E-state index is 0.652. The second kappa shape index (κ2) is 9.49. The van der Waals surface area contributed by atoms with Crippen LogP contribution in [0.3, 0.4) is 0 Å². The van der Waals surface area contributed by atoms with Crippen LogP contribution in [0.25, 0.3) is 11.3 Å². The summed E-state index contributed by atoms with van der Waals surface area (Å²) in [6, 6.07) is 28.2. The Hall–Kier alpha value is -3.57. The monoisotopic (exact) mass is 425 g/mol. The summed E-state index contributed by atoms with van der Waals surface area (Å²) >= 11 is 5.60. The Balaban J connectivity index is 1.82. The first-order chi connectivity index (χ1) is 15.2. The van der Waals surface area contributed by atoms with E-state index in [1.54, 1.807) is 13.3 Å². The number of anilines is 2. The van der Waals surface area contributed by atoms with Crippen LogP contribution in [0, 0.1) is 0 Å². The van der Waals surface area contributed by atoms with Crippen molar-refractivity contribution in [2.24, 2.45) is 0 Å². The molecule has 0 aliphatic rings. The van der Waals surface area contributed by atoms with Crippen molar-refractivity contribution in [3.8, 4) is 17.0 Å². The third-order valence-corrected chi connectivity index (χ3v) is 5.15. The van der Waals surface area contributed by atoms with Crippen LogP contribution in [0.15, 0.2) is 91.1 Å². The molecule has 1 heterocycles. The summed E-state index contributed by atoms with van der Waals surface area (Å²) in [5.41, 5.74) is 4.80. The fourth-order valence-electron chi connectivity index (χ4n) is 3.45. The summed E-state index contributed by atoms with van der Waals surface area (Å²) in [4.78, 5) is 12.6. The van der Waals surface area contributed by atoms with Crippen LogP contribution in [-0.2, 0) is 6.42 Å². The third-order valence-electron chi connectivity index (χ3n) is 4.96. The first-order valence-electron chi connectivity index (χ1n) is 10.1. The summed E-state index contributed by atoms with van der Waals surface area (Å²) < 4.78 is 5.28. The third kappa shape index (κ3) is 4.78. The van der Waals surface area contributed by atoms with Gasteiger partial charge in [0, 0.05) is 17.7 Å². The number of nitrogens with zero attached hydrogens (tertiary/aromatic N) is 3. The van der Waals surface area contributed by atoms with Crippen LogP contribution in [0.5, 0.6) is 5.75 Å². The lowest BCUT2D eigenvalue weighted by Gasteiger charge is -2.25. The largest absolute Gasteiger partial charge is 0.497 e. The number of benzene rings is 3. The van der Waals surface area contributed by atoms with E-state index in [9.17, 15) is 0 Å². The van der Waals surface area contributed by atoms with Gasteiger partial charge in [0.25, 0.3) is 0 Å². The highest BCUT2D eigenvalue weighted by Gasteiger charge is 2.19. The molecule has 0 spiro atoms. The number of aromatic nitrogens is 2. The number of hydrogen-bond acceptors (Lipinski definition) is 4. The van der Waals surface area contributed by atoms with E-state index in [0.29, 0.717) is 11.4 Å².